The van der Waals surface area contributed by atoms with Crippen molar-refractivity contribution in [2.45, 2.75) is 13.5 Å². The minimum absolute atomic E-state index is 0.236. The van der Waals surface area contributed by atoms with Crippen LogP contribution >= 0.6 is 0 Å². The van der Waals surface area contributed by atoms with Gasteiger partial charge in [-0.15, -0.1) is 0 Å². The Bertz CT molecular complexity index is 215. The predicted octanol–water partition coefficient (Wildman–Crippen LogP) is 0.988. The first-order valence-corrected chi connectivity index (χ1v) is 3.04. The Morgan fingerprint density at radius 3 is 2.70 bits per heavy atom. The van der Waals surface area contributed by atoms with Crippen LogP contribution in [-0.4, -0.2) is 4.98 Å². The Labute approximate surface area is 58.9 Å². The summed E-state index contributed by atoms with van der Waals surface area (Å²) in [4.78, 5) is 3.66. The van der Waals surface area contributed by atoms with Gasteiger partial charge in [0.2, 0.25) is 0 Å². The lowest BCUT2D eigenvalue weighted by Gasteiger charge is -2.00. The standard InChI is InChI=1S/C7H9FN2/c1-5-3-10-4-7(8)6(5)2-9/h3-4H,2,9H2,1H3. The van der Waals surface area contributed by atoms with E-state index in [1.165, 1.54) is 6.20 Å². The highest BCUT2D eigenvalue weighted by Gasteiger charge is 2.01. The van der Waals surface area contributed by atoms with Crippen molar-refractivity contribution in [2.24, 2.45) is 5.73 Å². The van der Waals surface area contributed by atoms with Gasteiger partial charge in [0.05, 0.1) is 6.20 Å². The van der Waals surface area contributed by atoms with Crippen LogP contribution in [0.15, 0.2) is 12.4 Å². The van der Waals surface area contributed by atoms with E-state index in [2.05, 4.69) is 4.98 Å². The lowest BCUT2D eigenvalue weighted by atomic mass is 10.1. The third kappa shape index (κ3) is 1.14. The van der Waals surface area contributed by atoms with Crippen LogP contribution in [0.3, 0.4) is 0 Å². The number of nitrogens with two attached hydrogens (primary N) is 1. The number of hydrogen-bond donors (Lipinski definition) is 1. The van der Waals surface area contributed by atoms with Gasteiger partial charge >= 0.3 is 0 Å². The van der Waals surface area contributed by atoms with E-state index in [9.17, 15) is 4.39 Å². The molecule has 0 aliphatic carbocycles. The Hall–Kier alpha value is -0.960. The molecule has 1 aromatic rings. The van der Waals surface area contributed by atoms with E-state index >= 15 is 0 Å². The van der Waals surface area contributed by atoms with Crippen LogP contribution in [0.2, 0.25) is 0 Å². The largest absolute Gasteiger partial charge is 0.326 e. The molecule has 1 aromatic heterocycles. The summed E-state index contributed by atoms with van der Waals surface area (Å²) in [7, 11) is 0. The van der Waals surface area contributed by atoms with Gasteiger partial charge in [-0.25, -0.2) is 4.39 Å². The lowest BCUT2D eigenvalue weighted by Crippen LogP contribution is -2.02. The molecule has 0 aliphatic heterocycles. The highest BCUT2D eigenvalue weighted by atomic mass is 19.1. The first-order chi connectivity index (χ1) is 4.75. The minimum atomic E-state index is -0.317. The van der Waals surface area contributed by atoms with Crippen LogP contribution in [0, 0.1) is 12.7 Å². The fourth-order valence-electron chi connectivity index (χ4n) is 0.817. The summed E-state index contributed by atoms with van der Waals surface area (Å²) in [6.07, 6.45) is 2.78. The molecular weight excluding hydrogens is 131 g/mol. The normalized spacial score (nSPS) is 9.90. The van der Waals surface area contributed by atoms with Gasteiger partial charge in [-0.05, 0) is 12.5 Å². The third-order valence-corrected chi connectivity index (χ3v) is 1.42. The number of aryl methyl sites for hydroxylation is 1. The molecule has 0 saturated heterocycles. The Morgan fingerprint density at radius 2 is 2.30 bits per heavy atom. The van der Waals surface area contributed by atoms with Crippen LogP contribution in [0.4, 0.5) is 4.39 Å². The number of aromatic nitrogens is 1. The van der Waals surface area contributed by atoms with Gasteiger partial charge in [0.1, 0.15) is 5.82 Å². The second-order valence-corrected chi connectivity index (χ2v) is 2.12. The predicted molar refractivity (Wildman–Crippen MR) is 36.8 cm³/mol. The molecule has 54 valence electrons. The first-order valence-electron chi connectivity index (χ1n) is 3.04. The van der Waals surface area contributed by atoms with E-state index in [1.807, 2.05) is 0 Å². The molecule has 0 bridgehead atoms. The van der Waals surface area contributed by atoms with Gasteiger partial charge in [0.15, 0.2) is 0 Å². The zero-order valence-corrected chi connectivity index (χ0v) is 5.76. The van der Waals surface area contributed by atoms with Gasteiger partial charge in [-0.3, -0.25) is 4.98 Å². The molecule has 0 atom stereocenters. The molecular formula is C7H9FN2. The second kappa shape index (κ2) is 2.75. The van der Waals surface area contributed by atoms with Crippen LogP contribution in [-0.2, 0) is 6.54 Å². The molecule has 0 aliphatic rings. The maximum absolute atomic E-state index is 12.7. The monoisotopic (exact) mass is 140 g/mol. The number of hydrogen-bond acceptors (Lipinski definition) is 2. The van der Waals surface area contributed by atoms with Crippen LogP contribution in [0.25, 0.3) is 0 Å². The van der Waals surface area contributed by atoms with Gasteiger partial charge < -0.3 is 5.73 Å². The Kier molecular flexibility index (Phi) is 1.97. The van der Waals surface area contributed by atoms with E-state index in [-0.39, 0.29) is 12.4 Å². The molecule has 0 amide bonds. The summed E-state index contributed by atoms with van der Waals surface area (Å²) < 4.78 is 12.7. The average molecular weight is 140 g/mol. The molecule has 2 nitrogen and oxygen atoms in total. The summed E-state index contributed by atoms with van der Waals surface area (Å²) >= 11 is 0. The molecule has 0 spiro atoms. The van der Waals surface area contributed by atoms with E-state index < -0.39 is 0 Å². The number of rotatable bonds is 1. The summed E-state index contributed by atoms with van der Waals surface area (Å²) in [5, 5.41) is 0. The molecule has 0 fully saturated rings. The molecule has 0 radical (unpaired) electrons. The quantitative estimate of drug-likeness (QED) is 0.631. The SMILES string of the molecule is Cc1cncc(F)c1CN. The third-order valence-electron chi connectivity index (χ3n) is 1.42. The summed E-state index contributed by atoms with van der Waals surface area (Å²) in [5.41, 5.74) is 6.64. The summed E-state index contributed by atoms with van der Waals surface area (Å²) in [6, 6.07) is 0. The zero-order valence-electron chi connectivity index (χ0n) is 5.76. The van der Waals surface area contributed by atoms with Crippen molar-refractivity contribution >= 4 is 0 Å². The van der Waals surface area contributed by atoms with Crippen LogP contribution < -0.4 is 5.73 Å². The molecule has 0 aromatic carbocycles. The molecule has 1 heterocycles. The van der Waals surface area contributed by atoms with Crippen molar-refractivity contribution in [2.75, 3.05) is 0 Å². The average Bonchev–Trinajstić information content (AvgIpc) is 1.88. The maximum Gasteiger partial charge on any atom is 0.146 e. The molecule has 0 unspecified atom stereocenters. The summed E-state index contributed by atoms with van der Waals surface area (Å²) in [5.74, 6) is -0.317. The topological polar surface area (TPSA) is 38.9 Å². The highest BCUT2D eigenvalue weighted by Crippen LogP contribution is 2.08. The number of nitrogens with zero attached hydrogens (tertiary/aromatic N) is 1. The Morgan fingerprint density at radius 1 is 1.60 bits per heavy atom. The van der Waals surface area contributed by atoms with Gasteiger partial charge in [0, 0.05) is 18.3 Å². The molecule has 0 saturated carbocycles. The van der Waals surface area contributed by atoms with E-state index in [1.54, 1.807) is 13.1 Å². The van der Waals surface area contributed by atoms with Gasteiger partial charge in [-0.2, -0.15) is 0 Å². The van der Waals surface area contributed by atoms with Gasteiger partial charge in [0.25, 0.3) is 0 Å². The second-order valence-electron chi connectivity index (χ2n) is 2.12. The van der Waals surface area contributed by atoms with E-state index in [0.717, 1.165) is 5.56 Å². The smallest absolute Gasteiger partial charge is 0.146 e. The van der Waals surface area contributed by atoms with Crippen molar-refractivity contribution in [1.29, 1.82) is 0 Å². The van der Waals surface area contributed by atoms with E-state index in [0.29, 0.717) is 5.56 Å². The van der Waals surface area contributed by atoms with Crippen LogP contribution in [0.5, 0.6) is 0 Å². The molecule has 2 N–H and O–H groups in total. The number of pyridine rings is 1. The maximum atomic E-state index is 12.7. The van der Waals surface area contributed by atoms with Crippen molar-refractivity contribution in [3.63, 3.8) is 0 Å². The molecule has 3 heteroatoms. The fraction of sp³-hybridized carbons (Fsp3) is 0.286. The summed E-state index contributed by atoms with van der Waals surface area (Å²) in [6.45, 7) is 2.03. The minimum Gasteiger partial charge on any atom is -0.326 e. The highest BCUT2D eigenvalue weighted by molar-refractivity contribution is 5.22. The Balaban J connectivity index is 3.17. The van der Waals surface area contributed by atoms with Gasteiger partial charge in [-0.1, -0.05) is 0 Å². The van der Waals surface area contributed by atoms with Crippen molar-refractivity contribution in [3.05, 3.63) is 29.3 Å². The lowest BCUT2D eigenvalue weighted by molar-refractivity contribution is 0.601. The van der Waals surface area contributed by atoms with Crippen molar-refractivity contribution in [3.8, 4) is 0 Å². The van der Waals surface area contributed by atoms with E-state index in [4.69, 9.17) is 5.73 Å². The van der Waals surface area contributed by atoms with Crippen molar-refractivity contribution in [1.82, 2.24) is 4.98 Å². The fourth-order valence-corrected chi connectivity index (χ4v) is 0.817. The van der Waals surface area contributed by atoms with Crippen LogP contribution in [0.1, 0.15) is 11.1 Å². The molecule has 1 rings (SSSR count). The first kappa shape index (κ1) is 7.15. The zero-order chi connectivity index (χ0) is 7.56. The molecule has 10 heavy (non-hydrogen) atoms. The number of halogens is 1. The van der Waals surface area contributed by atoms with Crippen molar-refractivity contribution < 1.29 is 4.39 Å².